The Balaban J connectivity index is 2.49. The molecule has 0 aromatic heterocycles. The van der Waals surface area contributed by atoms with Crippen molar-refractivity contribution in [3.05, 3.63) is 29.3 Å². The molecular formula is C9H7ClF3N3OS. The number of nitrogens with one attached hydrogen (secondary N) is 3. The molecule has 0 heterocycles. The normalized spacial score (nSPS) is 10.7. The molecule has 1 amide bonds. The van der Waals surface area contributed by atoms with Crippen LogP contribution in [0.5, 0.6) is 0 Å². The van der Waals surface area contributed by atoms with Gasteiger partial charge in [-0.2, -0.15) is 13.2 Å². The van der Waals surface area contributed by atoms with Crippen molar-refractivity contribution >= 4 is 40.5 Å². The fourth-order valence-corrected chi connectivity index (χ4v) is 1.24. The third-order valence-electron chi connectivity index (χ3n) is 1.67. The van der Waals surface area contributed by atoms with E-state index in [9.17, 15) is 18.0 Å². The van der Waals surface area contributed by atoms with Gasteiger partial charge in [-0.1, -0.05) is 23.7 Å². The summed E-state index contributed by atoms with van der Waals surface area (Å²) in [6.45, 7) is 0. The number of thiocarbonyl (C=S) groups is 1. The molecule has 1 aromatic carbocycles. The highest BCUT2D eigenvalue weighted by Gasteiger charge is 2.38. The summed E-state index contributed by atoms with van der Waals surface area (Å²) in [4.78, 5) is 10.5. The number of benzene rings is 1. The monoisotopic (exact) mass is 297 g/mol. The zero-order valence-electron chi connectivity index (χ0n) is 8.64. The van der Waals surface area contributed by atoms with E-state index in [1.54, 1.807) is 24.3 Å². The lowest BCUT2D eigenvalue weighted by molar-refractivity contribution is -0.174. The third kappa shape index (κ3) is 4.38. The number of halogens is 4. The van der Waals surface area contributed by atoms with Gasteiger partial charge < -0.3 is 5.32 Å². The van der Waals surface area contributed by atoms with Crippen molar-refractivity contribution < 1.29 is 18.0 Å². The predicted molar refractivity (Wildman–Crippen MR) is 65.0 cm³/mol. The molecule has 3 N–H and O–H groups in total. The summed E-state index contributed by atoms with van der Waals surface area (Å²) in [6, 6.07) is 6.48. The fourth-order valence-electron chi connectivity index (χ4n) is 0.901. The van der Waals surface area contributed by atoms with Crippen LogP contribution in [0.25, 0.3) is 0 Å². The van der Waals surface area contributed by atoms with E-state index >= 15 is 0 Å². The number of carbonyl (C=O) groups is 1. The minimum absolute atomic E-state index is 0.222. The molecular weight excluding hydrogens is 291 g/mol. The second-order valence-electron chi connectivity index (χ2n) is 3.01. The van der Waals surface area contributed by atoms with Crippen molar-refractivity contribution in [2.24, 2.45) is 0 Å². The summed E-state index contributed by atoms with van der Waals surface area (Å²) in [7, 11) is 0. The van der Waals surface area contributed by atoms with Crippen LogP contribution in [0.4, 0.5) is 18.9 Å². The number of anilines is 1. The van der Waals surface area contributed by atoms with Gasteiger partial charge in [-0.3, -0.25) is 15.6 Å². The molecule has 0 aliphatic carbocycles. The molecule has 9 heteroatoms. The van der Waals surface area contributed by atoms with Crippen LogP contribution < -0.4 is 16.2 Å². The van der Waals surface area contributed by atoms with Gasteiger partial charge in [0.2, 0.25) is 0 Å². The van der Waals surface area contributed by atoms with Gasteiger partial charge in [0.05, 0.1) is 10.7 Å². The topological polar surface area (TPSA) is 53.2 Å². The second kappa shape index (κ2) is 5.87. The van der Waals surface area contributed by atoms with Gasteiger partial charge in [0, 0.05) is 0 Å². The standard InChI is InChI=1S/C9H7ClF3N3OS/c10-5-3-1-2-4-6(5)14-8(18)16-15-7(17)9(11,12)13/h1-4H,(H,15,17)(H2,14,16,18). The smallest absolute Gasteiger partial charge is 0.330 e. The summed E-state index contributed by atoms with van der Waals surface area (Å²) in [5.74, 6) is -2.15. The maximum Gasteiger partial charge on any atom is 0.472 e. The number of hydrogen-bond acceptors (Lipinski definition) is 2. The molecule has 0 saturated heterocycles. The number of hydrogen-bond donors (Lipinski definition) is 3. The first-order valence-electron chi connectivity index (χ1n) is 4.49. The molecule has 0 atom stereocenters. The number of hydrazine groups is 1. The fraction of sp³-hybridized carbons (Fsp3) is 0.111. The first-order chi connectivity index (χ1) is 8.30. The largest absolute Gasteiger partial charge is 0.472 e. The van der Waals surface area contributed by atoms with E-state index in [1.807, 2.05) is 5.43 Å². The number of alkyl halides is 3. The Morgan fingerprint density at radius 2 is 1.83 bits per heavy atom. The van der Waals surface area contributed by atoms with Gasteiger partial charge in [-0.05, 0) is 24.4 Å². The van der Waals surface area contributed by atoms with Crippen LogP contribution in [0, 0.1) is 0 Å². The Hall–Kier alpha value is -1.54. The minimum Gasteiger partial charge on any atom is -0.330 e. The summed E-state index contributed by atoms with van der Waals surface area (Å²) in [6.07, 6.45) is -4.98. The average molecular weight is 298 g/mol. The van der Waals surface area contributed by atoms with E-state index in [4.69, 9.17) is 11.6 Å². The Kier molecular flexibility index (Phi) is 4.74. The lowest BCUT2D eigenvalue weighted by Gasteiger charge is -2.13. The van der Waals surface area contributed by atoms with Crippen molar-refractivity contribution in [1.82, 2.24) is 10.9 Å². The van der Waals surface area contributed by atoms with Crippen LogP contribution in [-0.4, -0.2) is 17.2 Å². The van der Waals surface area contributed by atoms with E-state index in [2.05, 4.69) is 17.5 Å². The highest BCUT2D eigenvalue weighted by atomic mass is 35.5. The van der Waals surface area contributed by atoms with E-state index in [0.29, 0.717) is 10.7 Å². The molecule has 0 bridgehead atoms. The molecule has 0 saturated carbocycles. The lowest BCUT2D eigenvalue weighted by atomic mass is 10.3. The number of para-hydroxylation sites is 1. The van der Waals surface area contributed by atoms with Crippen LogP contribution in [0.3, 0.4) is 0 Å². The maximum atomic E-state index is 11.9. The molecule has 0 spiro atoms. The van der Waals surface area contributed by atoms with Crippen LogP contribution >= 0.6 is 23.8 Å². The van der Waals surface area contributed by atoms with Crippen molar-refractivity contribution in [3.63, 3.8) is 0 Å². The van der Waals surface area contributed by atoms with Gasteiger partial charge >= 0.3 is 12.1 Å². The number of rotatable bonds is 1. The molecule has 4 nitrogen and oxygen atoms in total. The van der Waals surface area contributed by atoms with Crippen molar-refractivity contribution in [3.8, 4) is 0 Å². The maximum absolute atomic E-state index is 11.9. The highest BCUT2D eigenvalue weighted by Crippen LogP contribution is 2.20. The lowest BCUT2D eigenvalue weighted by Crippen LogP contribution is -2.49. The second-order valence-corrected chi connectivity index (χ2v) is 3.83. The Bertz CT molecular complexity index is 467. The third-order valence-corrected chi connectivity index (χ3v) is 2.20. The number of carbonyl (C=O) groups excluding carboxylic acids is 1. The molecule has 0 unspecified atom stereocenters. The van der Waals surface area contributed by atoms with Crippen molar-refractivity contribution in [1.29, 1.82) is 0 Å². The van der Waals surface area contributed by atoms with Crippen LogP contribution in [0.1, 0.15) is 0 Å². The summed E-state index contributed by atoms with van der Waals surface area (Å²) in [5.41, 5.74) is 3.71. The molecule has 98 valence electrons. The molecule has 0 radical (unpaired) electrons. The zero-order chi connectivity index (χ0) is 13.8. The first kappa shape index (κ1) is 14.5. The highest BCUT2D eigenvalue weighted by molar-refractivity contribution is 7.80. The molecule has 18 heavy (non-hydrogen) atoms. The SMILES string of the molecule is O=C(NNC(=S)Nc1ccccc1Cl)C(F)(F)F. The summed E-state index contributed by atoms with van der Waals surface area (Å²) in [5, 5.41) is 2.64. The molecule has 1 rings (SSSR count). The zero-order valence-corrected chi connectivity index (χ0v) is 10.2. The average Bonchev–Trinajstić information content (AvgIpc) is 2.27. The van der Waals surface area contributed by atoms with Gasteiger partial charge in [0.25, 0.3) is 0 Å². The Labute approximate surface area is 110 Å². The summed E-state index contributed by atoms with van der Waals surface area (Å²) < 4.78 is 35.6. The van der Waals surface area contributed by atoms with Gasteiger partial charge in [-0.15, -0.1) is 0 Å². The van der Waals surface area contributed by atoms with Gasteiger partial charge in [-0.25, -0.2) is 0 Å². The van der Waals surface area contributed by atoms with E-state index < -0.39 is 12.1 Å². The van der Waals surface area contributed by atoms with Crippen LogP contribution in [-0.2, 0) is 4.79 Å². The first-order valence-corrected chi connectivity index (χ1v) is 5.28. The van der Waals surface area contributed by atoms with Crippen molar-refractivity contribution in [2.45, 2.75) is 6.18 Å². The molecule has 0 aliphatic rings. The molecule has 0 aliphatic heterocycles. The van der Waals surface area contributed by atoms with Gasteiger partial charge in [0.15, 0.2) is 5.11 Å². The molecule has 1 aromatic rings. The molecule has 0 fully saturated rings. The summed E-state index contributed by atoms with van der Waals surface area (Å²) >= 11 is 10.5. The van der Waals surface area contributed by atoms with Crippen LogP contribution in [0.2, 0.25) is 5.02 Å². The predicted octanol–water partition coefficient (Wildman–Crippen LogP) is 2.22. The van der Waals surface area contributed by atoms with Gasteiger partial charge in [0.1, 0.15) is 0 Å². The number of amides is 1. The Morgan fingerprint density at radius 3 is 2.39 bits per heavy atom. The van der Waals surface area contributed by atoms with E-state index in [0.717, 1.165) is 0 Å². The minimum atomic E-state index is -4.98. The van der Waals surface area contributed by atoms with Crippen LogP contribution in [0.15, 0.2) is 24.3 Å². The van der Waals surface area contributed by atoms with E-state index in [-0.39, 0.29) is 5.11 Å². The van der Waals surface area contributed by atoms with E-state index in [1.165, 1.54) is 5.43 Å². The Morgan fingerprint density at radius 1 is 1.22 bits per heavy atom. The van der Waals surface area contributed by atoms with Crippen molar-refractivity contribution in [2.75, 3.05) is 5.32 Å². The quantitative estimate of drug-likeness (QED) is 0.549.